The third-order valence-electron chi connectivity index (χ3n) is 3.19. The molecule has 0 aliphatic carbocycles. The summed E-state index contributed by atoms with van der Waals surface area (Å²) in [5.41, 5.74) is 2.04. The summed E-state index contributed by atoms with van der Waals surface area (Å²) >= 11 is 0. The van der Waals surface area contributed by atoms with Gasteiger partial charge in [0.2, 0.25) is 0 Å². The van der Waals surface area contributed by atoms with E-state index in [4.69, 9.17) is 5.11 Å². The molecular formula is C14H13N3O2. The van der Waals surface area contributed by atoms with Crippen LogP contribution in [-0.2, 0) is 4.79 Å². The zero-order valence-electron chi connectivity index (χ0n) is 10.2. The summed E-state index contributed by atoms with van der Waals surface area (Å²) < 4.78 is 1.98. The SMILES string of the molecule is O=C(O)CCC1N=Cc2ccccc2-n2ccnc21. The monoisotopic (exact) mass is 255 g/mol. The minimum absolute atomic E-state index is 0.0885. The number of hydrogen-bond donors (Lipinski definition) is 1. The number of para-hydroxylation sites is 1. The lowest BCUT2D eigenvalue weighted by Gasteiger charge is -2.11. The van der Waals surface area contributed by atoms with E-state index in [9.17, 15) is 4.79 Å². The van der Waals surface area contributed by atoms with Crippen molar-refractivity contribution in [1.29, 1.82) is 0 Å². The summed E-state index contributed by atoms with van der Waals surface area (Å²) in [4.78, 5) is 19.5. The number of hydrogen-bond acceptors (Lipinski definition) is 3. The number of aliphatic imine (C=N–C) groups is 1. The first-order valence-electron chi connectivity index (χ1n) is 6.13. The number of carboxylic acid groups (broad SMARTS) is 1. The molecule has 19 heavy (non-hydrogen) atoms. The van der Waals surface area contributed by atoms with E-state index in [1.54, 1.807) is 12.4 Å². The summed E-state index contributed by atoms with van der Waals surface area (Å²) in [5, 5.41) is 8.81. The van der Waals surface area contributed by atoms with Gasteiger partial charge in [-0.05, 0) is 12.5 Å². The van der Waals surface area contributed by atoms with Gasteiger partial charge in [-0.2, -0.15) is 0 Å². The first-order chi connectivity index (χ1) is 9.25. The fraction of sp³-hybridized carbons (Fsp3) is 0.214. The van der Waals surface area contributed by atoms with E-state index in [0.717, 1.165) is 17.1 Å². The highest BCUT2D eigenvalue weighted by Crippen LogP contribution is 2.28. The van der Waals surface area contributed by atoms with Crippen LogP contribution in [0.4, 0.5) is 0 Å². The van der Waals surface area contributed by atoms with Gasteiger partial charge in [-0.15, -0.1) is 0 Å². The first-order valence-corrected chi connectivity index (χ1v) is 6.13. The van der Waals surface area contributed by atoms with E-state index in [1.807, 2.05) is 35.0 Å². The predicted molar refractivity (Wildman–Crippen MR) is 70.8 cm³/mol. The summed E-state index contributed by atoms with van der Waals surface area (Å²) in [7, 11) is 0. The van der Waals surface area contributed by atoms with Gasteiger partial charge in [-0.1, -0.05) is 18.2 Å². The van der Waals surface area contributed by atoms with Crippen molar-refractivity contribution in [2.75, 3.05) is 0 Å². The maximum atomic E-state index is 10.7. The van der Waals surface area contributed by atoms with Gasteiger partial charge in [0, 0.05) is 30.6 Å². The van der Waals surface area contributed by atoms with Crippen molar-refractivity contribution in [2.24, 2.45) is 4.99 Å². The standard InChI is InChI=1S/C14H13N3O2/c18-13(19)6-5-11-14-15-7-8-17(14)12-4-2-1-3-10(12)9-16-11/h1-4,7-9,11H,5-6H2,(H,18,19). The summed E-state index contributed by atoms with van der Waals surface area (Å²) in [5.74, 6) is -0.0162. The van der Waals surface area contributed by atoms with Gasteiger partial charge in [0.05, 0.1) is 5.69 Å². The van der Waals surface area contributed by atoms with Crippen molar-refractivity contribution in [3.05, 3.63) is 48.0 Å². The van der Waals surface area contributed by atoms with Crippen LogP contribution in [0.15, 0.2) is 41.7 Å². The highest BCUT2D eigenvalue weighted by atomic mass is 16.4. The van der Waals surface area contributed by atoms with Crippen molar-refractivity contribution in [3.8, 4) is 5.69 Å². The predicted octanol–water partition coefficient (Wildman–Crippen LogP) is 2.21. The molecule has 1 N–H and O–H groups in total. The highest BCUT2D eigenvalue weighted by molar-refractivity contribution is 5.85. The number of carboxylic acids is 1. The van der Waals surface area contributed by atoms with Gasteiger partial charge in [0.1, 0.15) is 11.9 Å². The number of aromatic nitrogens is 2. The maximum absolute atomic E-state index is 10.7. The molecule has 0 radical (unpaired) electrons. The number of benzene rings is 1. The smallest absolute Gasteiger partial charge is 0.303 e. The lowest BCUT2D eigenvalue weighted by molar-refractivity contribution is -0.137. The third kappa shape index (κ3) is 2.14. The molecule has 5 nitrogen and oxygen atoms in total. The molecule has 0 saturated heterocycles. The maximum Gasteiger partial charge on any atom is 0.303 e. The molecule has 0 fully saturated rings. The third-order valence-corrected chi connectivity index (χ3v) is 3.19. The molecule has 0 amide bonds. The zero-order valence-corrected chi connectivity index (χ0v) is 10.2. The Balaban J connectivity index is 2.03. The van der Waals surface area contributed by atoms with Crippen molar-refractivity contribution in [1.82, 2.24) is 9.55 Å². The van der Waals surface area contributed by atoms with Crippen molar-refractivity contribution >= 4 is 12.2 Å². The Hall–Kier alpha value is -2.43. The molecule has 0 saturated carbocycles. The van der Waals surface area contributed by atoms with E-state index in [1.165, 1.54) is 0 Å². The molecule has 2 aromatic rings. The molecule has 96 valence electrons. The largest absolute Gasteiger partial charge is 0.481 e. The van der Waals surface area contributed by atoms with Crippen molar-refractivity contribution in [3.63, 3.8) is 0 Å². The van der Waals surface area contributed by atoms with E-state index in [0.29, 0.717) is 6.42 Å². The van der Waals surface area contributed by atoms with Gasteiger partial charge in [-0.3, -0.25) is 9.79 Å². The van der Waals surface area contributed by atoms with E-state index >= 15 is 0 Å². The molecular weight excluding hydrogens is 242 g/mol. The Labute approximate surface area is 110 Å². The van der Waals surface area contributed by atoms with Crippen LogP contribution >= 0.6 is 0 Å². The Morgan fingerprint density at radius 1 is 1.37 bits per heavy atom. The van der Waals surface area contributed by atoms with Crippen LogP contribution in [0, 0.1) is 0 Å². The van der Waals surface area contributed by atoms with Crippen LogP contribution in [-0.4, -0.2) is 26.8 Å². The molecule has 1 aromatic heterocycles. The number of imidazole rings is 1. The van der Waals surface area contributed by atoms with Gasteiger partial charge < -0.3 is 9.67 Å². The van der Waals surface area contributed by atoms with Crippen LogP contribution in [0.5, 0.6) is 0 Å². The van der Waals surface area contributed by atoms with Crippen LogP contribution in [0.1, 0.15) is 30.3 Å². The molecule has 1 aromatic carbocycles. The van der Waals surface area contributed by atoms with Crippen molar-refractivity contribution in [2.45, 2.75) is 18.9 Å². The molecule has 1 atom stereocenters. The number of fused-ring (bicyclic) bond motifs is 3. The van der Waals surface area contributed by atoms with Crippen LogP contribution in [0.2, 0.25) is 0 Å². The number of carbonyl (C=O) groups is 1. The average Bonchev–Trinajstić information content (AvgIpc) is 2.83. The summed E-state index contributed by atoms with van der Waals surface area (Å²) in [6.45, 7) is 0. The number of aliphatic carboxylic acids is 1. The Bertz CT molecular complexity index is 646. The fourth-order valence-corrected chi connectivity index (χ4v) is 2.28. The molecule has 1 aliphatic heterocycles. The Morgan fingerprint density at radius 3 is 3.05 bits per heavy atom. The van der Waals surface area contributed by atoms with E-state index < -0.39 is 5.97 Å². The minimum Gasteiger partial charge on any atom is -0.481 e. The van der Waals surface area contributed by atoms with E-state index in [-0.39, 0.29) is 12.5 Å². The highest BCUT2D eigenvalue weighted by Gasteiger charge is 2.21. The summed E-state index contributed by atoms with van der Waals surface area (Å²) in [6.07, 6.45) is 5.95. The lowest BCUT2D eigenvalue weighted by Crippen LogP contribution is -2.06. The van der Waals surface area contributed by atoms with Gasteiger partial charge >= 0.3 is 5.97 Å². The molecule has 5 heteroatoms. The minimum atomic E-state index is -0.810. The quantitative estimate of drug-likeness (QED) is 0.914. The molecule has 1 aliphatic rings. The number of nitrogens with zero attached hydrogens (tertiary/aromatic N) is 3. The number of rotatable bonds is 3. The second-order valence-electron chi connectivity index (χ2n) is 4.44. The van der Waals surface area contributed by atoms with Gasteiger partial charge in [0.15, 0.2) is 0 Å². The topological polar surface area (TPSA) is 67.5 Å². The summed E-state index contributed by atoms with van der Waals surface area (Å²) in [6, 6.07) is 7.71. The molecule has 1 unspecified atom stereocenters. The normalized spacial score (nSPS) is 16.5. The Morgan fingerprint density at radius 2 is 2.21 bits per heavy atom. The molecule has 0 bridgehead atoms. The molecule has 3 rings (SSSR count). The van der Waals surface area contributed by atoms with Crippen molar-refractivity contribution < 1.29 is 9.90 Å². The average molecular weight is 255 g/mol. The van der Waals surface area contributed by atoms with Crippen LogP contribution in [0.25, 0.3) is 5.69 Å². The second-order valence-corrected chi connectivity index (χ2v) is 4.44. The first kappa shape index (κ1) is 11.6. The van der Waals surface area contributed by atoms with Crippen LogP contribution in [0.3, 0.4) is 0 Å². The zero-order chi connectivity index (χ0) is 13.2. The van der Waals surface area contributed by atoms with E-state index in [2.05, 4.69) is 9.98 Å². The van der Waals surface area contributed by atoms with Gasteiger partial charge in [0.25, 0.3) is 0 Å². The van der Waals surface area contributed by atoms with Crippen LogP contribution < -0.4 is 0 Å². The molecule has 2 heterocycles. The van der Waals surface area contributed by atoms with Gasteiger partial charge in [-0.25, -0.2) is 4.98 Å². The fourth-order valence-electron chi connectivity index (χ4n) is 2.28. The Kier molecular flexibility index (Phi) is 2.87. The molecule has 0 spiro atoms. The lowest BCUT2D eigenvalue weighted by atomic mass is 10.1. The second kappa shape index (κ2) is 4.68.